The van der Waals surface area contributed by atoms with Crippen molar-refractivity contribution in [3.63, 3.8) is 0 Å². The normalized spacial score (nSPS) is 14.9. The van der Waals surface area contributed by atoms with Crippen molar-refractivity contribution in [2.24, 2.45) is 0 Å². The highest BCUT2D eigenvalue weighted by Gasteiger charge is 2.19. The van der Waals surface area contributed by atoms with Crippen molar-refractivity contribution in [1.29, 1.82) is 0 Å². The molecule has 1 aromatic heterocycles. The Morgan fingerprint density at radius 3 is 2.67 bits per heavy atom. The van der Waals surface area contributed by atoms with Crippen molar-refractivity contribution in [1.82, 2.24) is 9.97 Å². The van der Waals surface area contributed by atoms with E-state index in [1.807, 2.05) is 6.92 Å². The van der Waals surface area contributed by atoms with Gasteiger partial charge in [0, 0.05) is 18.2 Å². The number of ether oxygens (including phenoxy) is 1. The van der Waals surface area contributed by atoms with E-state index in [0.29, 0.717) is 24.7 Å². The van der Waals surface area contributed by atoms with Crippen LogP contribution in [0.15, 0.2) is 35.1 Å². The van der Waals surface area contributed by atoms with E-state index in [1.165, 1.54) is 30.9 Å². The highest BCUT2D eigenvalue weighted by atomic mass is 16.5. The van der Waals surface area contributed by atoms with Crippen molar-refractivity contribution < 1.29 is 4.74 Å². The summed E-state index contributed by atoms with van der Waals surface area (Å²) in [5.41, 5.74) is 2.93. The van der Waals surface area contributed by atoms with Crippen LogP contribution in [0.4, 0.5) is 0 Å². The summed E-state index contributed by atoms with van der Waals surface area (Å²) < 4.78 is 5.31. The Labute approximate surface area is 124 Å². The van der Waals surface area contributed by atoms with Gasteiger partial charge in [-0.1, -0.05) is 30.7 Å². The average Bonchev–Trinajstić information content (AvgIpc) is 2.43. The fourth-order valence-electron chi connectivity index (χ4n) is 2.59. The van der Waals surface area contributed by atoms with Gasteiger partial charge in [0.25, 0.3) is 5.56 Å². The second kappa shape index (κ2) is 6.22. The van der Waals surface area contributed by atoms with Gasteiger partial charge in [-0.3, -0.25) is 4.79 Å². The van der Waals surface area contributed by atoms with Gasteiger partial charge in [-0.05, 0) is 31.2 Å². The van der Waals surface area contributed by atoms with Crippen LogP contribution >= 0.6 is 0 Å². The van der Waals surface area contributed by atoms with Gasteiger partial charge in [0.05, 0.1) is 5.69 Å². The molecule has 21 heavy (non-hydrogen) atoms. The minimum absolute atomic E-state index is 0.141. The van der Waals surface area contributed by atoms with Crippen LogP contribution < -0.4 is 5.56 Å². The summed E-state index contributed by atoms with van der Waals surface area (Å²) in [5.74, 6) is 1.29. The van der Waals surface area contributed by atoms with Crippen LogP contribution in [0.2, 0.25) is 0 Å². The highest BCUT2D eigenvalue weighted by Crippen LogP contribution is 2.36. The van der Waals surface area contributed by atoms with Crippen LogP contribution in [0.5, 0.6) is 0 Å². The topological polar surface area (TPSA) is 55.0 Å². The lowest BCUT2D eigenvalue weighted by atomic mass is 9.80. The van der Waals surface area contributed by atoms with Crippen molar-refractivity contribution in [3.05, 3.63) is 52.1 Å². The number of rotatable bonds is 5. The third-order valence-electron chi connectivity index (χ3n) is 4.02. The maximum atomic E-state index is 11.7. The number of aromatic amines is 1. The lowest BCUT2D eigenvalue weighted by Gasteiger charge is -2.25. The van der Waals surface area contributed by atoms with E-state index in [0.717, 1.165) is 11.5 Å². The Kier molecular flexibility index (Phi) is 4.15. The Balaban J connectivity index is 1.84. The molecule has 0 spiro atoms. The first-order valence-electron chi connectivity index (χ1n) is 7.54. The van der Waals surface area contributed by atoms with E-state index in [1.54, 1.807) is 0 Å². The quantitative estimate of drug-likeness (QED) is 0.917. The molecule has 1 heterocycles. The molecular weight excluding hydrogens is 264 g/mol. The largest absolute Gasteiger partial charge is 0.374 e. The van der Waals surface area contributed by atoms with Crippen LogP contribution in [0.1, 0.15) is 43.5 Å². The Bertz CT molecular complexity index is 657. The first-order valence-corrected chi connectivity index (χ1v) is 7.54. The molecule has 1 fully saturated rings. The van der Waals surface area contributed by atoms with E-state index < -0.39 is 0 Å². The molecule has 0 bridgehead atoms. The van der Waals surface area contributed by atoms with Crippen molar-refractivity contribution in [2.45, 2.75) is 38.7 Å². The average molecular weight is 284 g/mol. The Morgan fingerprint density at radius 1 is 1.29 bits per heavy atom. The third-order valence-corrected chi connectivity index (χ3v) is 4.02. The zero-order valence-corrected chi connectivity index (χ0v) is 12.3. The predicted octanol–water partition coefficient (Wildman–Crippen LogP) is 3.24. The number of nitrogens with one attached hydrogen (secondary N) is 1. The summed E-state index contributed by atoms with van der Waals surface area (Å²) >= 11 is 0. The monoisotopic (exact) mass is 284 g/mol. The van der Waals surface area contributed by atoms with E-state index in [-0.39, 0.29) is 5.56 Å². The van der Waals surface area contributed by atoms with Crippen LogP contribution in [-0.2, 0) is 11.3 Å². The van der Waals surface area contributed by atoms with E-state index >= 15 is 0 Å². The summed E-state index contributed by atoms with van der Waals surface area (Å²) in [6, 6.07) is 9.96. The zero-order chi connectivity index (χ0) is 14.7. The number of benzene rings is 1. The SMILES string of the molecule is CCOCc1nc(-c2ccc(C3CCC3)cc2)cc(=O)[nH]1. The molecule has 0 unspecified atom stereocenters. The Morgan fingerprint density at radius 2 is 2.05 bits per heavy atom. The first kappa shape index (κ1) is 14.0. The van der Waals surface area contributed by atoms with Gasteiger partial charge in [-0.15, -0.1) is 0 Å². The number of H-pyrrole nitrogens is 1. The zero-order valence-electron chi connectivity index (χ0n) is 12.3. The Hall–Kier alpha value is -1.94. The highest BCUT2D eigenvalue weighted by molar-refractivity contribution is 5.59. The number of nitrogens with zero attached hydrogens (tertiary/aromatic N) is 1. The second-order valence-electron chi connectivity index (χ2n) is 5.46. The fourth-order valence-corrected chi connectivity index (χ4v) is 2.59. The van der Waals surface area contributed by atoms with Crippen LogP contribution in [0.25, 0.3) is 11.3 Å². The van der Waals surface area contributed by atoms with Crippen molar-refractivity contribution >= 4 is 0 Å². The lowest BCUT2D eigenvalue weighted by Crippen LogP contribution is -2.12. The molecule has 1 saturated carbocycles. The molecule has 0 atom stereocenters. The van der Waals surface area contributed by atoms with E-state index in [2.05, 4.69) is 34.2 Å². The standard InChI is InChI=1S/C17H20N2O2/c1-2-21-11-16-18-15(10-17(20)19-16)14-8-6-13(7-9-14)12-4-3-5-12/h6-10,12H,2-5,11H2,1H3,(H,18,19,20). The summed E-state index contributed by atoms with van der Waals surface area (Å²) in [4.78, 5) is 18.9. The van der Waals surface area contributed by atoms with Crippen LogP contribution in [0, 0.1) is 0 Å². The van der Waals surface area contributed by atoms with Gasteiger partial charge in [0.15, 0.2) is 0 Å². The van der Waals surface area contributed by atoms with Gasteiger partial charge in [0.2, 0.25) is 0 Å². The van der Waals surface area contributed by atoms with Gasteiger partial charge >= 0.3 is 0 Å². The molecule has 4 heteroatoms. The maximum absolute atomic E-state index is 11.7. The molecule has 110 valence electrons. The van der Waals surface area contributed by atoms with Crippen LogP contribution in [-0.4, -0.2) is 16.6 Å². The number of aromatic nitrogens is 2. The van der Waals surface area contributed by atoms with E-state index in [9.17, 15) is 4.79 Å². The summed E-state index contributed by atoms with van der Waals surface area (Å²) in [6.45, 7) is 2.85. The molecule has 0 radical (unpaired) electrons. The molecule has 1 aliphatic carbocycles. The second-order valence-corrected chi connectivity index (χ2v) is 5.46. The minimum atomic E-state index is -0.141. The lowest BCUT2D eigenvalue weighted by molar-refractivity contribution is 0.128. The fraction of sp³-hybridized carbons (Fsp3) is 0.412. The van der Waals surface area contributed by atoms with Crippen molar-refractivity contribution in [2.75, 3.05) is 6.61 Å². The molecule has 0 aliphatic heterocycles. The van der Waals surface area contributed by atoms with Crippen LogP contribution in [0.3, 0.4) is 0 Å². The summed E-state index contributed by atoms with van der Waals surface area (Å²) in [6.07, 6.45) is 3.92. The molecular formula is C17H20N2O2. The number of hydrogen-bond acceptors (Lipinski definition) is 3. The predicted molar refractivity (Wildman–Crippen MR) is 82.2 cm³/mol. The van der Waals surface area contributed by atoms with E-state index in [4.69, 9.17) is 4.74 Å². The smallest absolute Gasteiger partial charge is 0.251 e. The van der Waals surface area contributed by atoms with Gasteiger partial charge in [-0.2, -0.15) is 0 Å². The molecule has 0 saturated heterocycles. The van der Waals surface area contributed by atoms with Gasteiger partial charge in [0.1, 0.15) is 12.4 Å². The molecule has 3 rings (SSSR count). The molecule has 1 N–H and O–H groups in total. The summed E-state index contributed by atoms with van der Waals surface area (Å²) in [5, 5.41) is 0. The third kappa shape index (κ3) is 3.22. The molecule has 1 aromatic carbocycles. The molecule has 1 aliphatic rings. The maximum Gasteiger partial charge on any atom is 0.251 e. The molecule has 4 nitrogen and oxygen atoms in total. The first-order chi connectivity index (χ1) is 10.3. The van der Waals surface area contributed by atoms with Gasteiger partial charge in [-0.25, -0.2) is 4.98 Å². The number of hydrogen-bond donors (Lipinski definition) is 1. The summed E-state index contributed by atoms with van der Waals surface area (Å²) in [7, 11) is 0. The minimum Gasteiger partial charge on any atom is -0.374 e. The molecule has 2 aromatic rings. The van der Waals surface area contributed by atoms with Crippen molar-refractivity contribution in [3.8, 4) is 11.3 Å². The van der Waals surface area contributed by atoms with Gasteiger partial charge < -0.3 is 9.72 Å². The molecule has 0 amide bonds.